The van der Waals surface area contributed by atoms with E-state index in [1.54, 1.807) is 67.6 Å². The molecule has 0 aliphatic carbocycles. The Kier molecular flexibility index (Phi) is 6.64. The zero-order chi connectivity index (χ0) is 28.7. The number of pyridine rings is 2. The van der Waals surface area contributed by atoms with Crippen molar-refractivity contribution in [3.05, 3.63) is 95.3 Å². The van der Waals surface area contributed by atoms with Crippen LogP contribution in [0.4, 0.5) is 26.1 Å². The zero-order valence-corrected chi connectivity index (χ0v) is 22.2. The van der Waals surface area contributed by atoms with Crippen molar-refractivity contribution in [3.63, 3.8) is 0 Å². The average Bonchev–Trinajstić information content (AvgIpc) is 3.30. The molecule has 0 fully saturated rings. The molecule has 0 unspecified atom stereocenters. The van der Waals surface area contributed by atoms with Crippen LogP contribution in [-0.4, -0.2) is 37.8 Å². The summed E-state index contributed by atoms with van der Waals surface area (Å²) in [6.45, 7) is 0.869. The van der Waals surface area contributed by atoms with Gasteiger partial charge < -0.3 is 24.9 Å². The van der Waals surface area contributed by atoms with E-state index in [1.807, 2.05) is 4.57 Å². The molecule has 6 aromatic rings. The first-order chi connectivity index (χ1) is 19.9. The molecule has 0 bridgehead atoms. The lowest BCUT2D eigenvalue weighted by Gasteiger charge is -2.16. The second kappa shape index (κ2) is 10.4. The van der Waals surface area contributed by atoms with Gasteiger partial charge in [-0.25, -0.2) is 23.7 Å². The summed E-state index contributed by atoms with van der Waals surface area (Å²) >= 11 is 0. The molecule has 0 aliphatic rings. The zero-order valence-electron chi connectivity index (χ0n) is 22.2. The molecule has 41 heavy (non-hydrogen) atoms. The molecule has 2 aromatic carbocycles. The number of aryl methyl sites for hydroxylation is 1. The maximum atomic E-state index is 15.6. The summed E-state index contributed by atoms with van der Waals surface area (Å²) in [6, 6.07) is 12.1. The molecule has 0 atom stereocenters. The Hall–Kier alpha value is -5.16. The number of anilines is 3. The van der Waals surface area contributed by atoms with Crippen molar-refractivity contribution in [2.45, 2.75) is 6.54 Å². The van der Waals surface area contributed by atoms with Crippen LogP contribution < -0.4 is 16.5 Å². The van der Waals surface area contributed by atoms with Crippen LogP contribution >= 0.6 is 0 Å². The van der Waals surface area contributed by atoms with E-state index in [0.29, 0.717) is 63.0 Å². The van der Waals surface area contributed by atoms with Crippen molar-refractivity contribution >= 4 is 39.3 Å². The molecule has 206 valence electrons. The van der Waals surface area contributed by atoms with Crippen LogP contribution in [0.25, 0.3) is 44.2 Å². The Morgan fingerprint density at radius 2 is 1.76 bits per heavy atom. The van der Waals surface area contributed by atoms with Gasteiger partial charge in [0.15, 0.2) is 0 Å². The lowest BCUT2D eigenvalue weighted by molar-refractivity contribution is 0.188. The monoisotopic (exact) mass is 553 g/mol. The minimum atomic E-state index is -0.504. The van der Waals surface area contributed by atoms with Gasteiger partial charge in [0.25, 0.3) is 0 Å². The van der Waals surface area contributed by atoms with E-state index in [2.05, 4.69) is 20.3 Å². The van der Waals surface area contributed by atoms with Gasteiger partial charge in [0.05, 0.1) is 22.9 Å². The minimum absolute atomic E-state index is 0.258. The van der Waals surface area contributed by atoms with Crippen molar-refractivity contribution in [1.29, 1.82) is 0 Å². The minimum Gasteiger partial charge on any atom is -0.383 e. The molecule has 6 rings (SSSR count). The fourth-order valence-corrected chi connectivity index (χ4v) is 5.02. The predicted molar refractivity (Wildman–Crippen MR) is 155 cm³/mol. The fourth-order valence-electron chi connectivity index (χ4n) is 5.02. The second-order valence-electron chi connectivity index (χ2n) is 9.55. The van der Waals surface area contributed by atoms with Gasteiger partial charge in [0.2, 0.25) is 5.43 Å². The third-order valence-electron chi connectivity index (χ3n) is 6.99. The number of hydrogen-bond donors (Lipinski definition) is 2. The van der Waals surface area contributed by atoms with Crippen molar-refractivity contribution in [1.82, 2.24) is 24.1 Å². The third kappa shape index (κ3) is 4.66. The number of fused-ring (bicyclic) bond motifs is 2. The van der Waals surface area contributed by atoms with E-state index in [0.717, 1.165) is 0 Å². The molecule has 3 N–H and O–H groups in total. The SMILES string of the molecule is COCCn1cc(-c2ccc(F)cc2)c(=O)c2c(Nc3ccc(-c4cn(C)c5ncnc(N)c45)c(F)c3)nccc21. The Morgan fingerprint density at radius 1 is 0.951 bits per heavy atom. The number of aromatic nitrogens is 5. The highest BCUT2D eigenvalue weighted by Gasteiger charge is 2.19. The van der Waals surface area contributed by atoms with Crippen LogP contribution in [0, 0.1) is 11.6 Å². The van der Waals surface area contributed by atoms with E-state index < -0.39 is 11.6 Å². The molecule has 0 aliphatic heterocycles. The molecule has 4 heterocycles. The quantitative estimate of drug-likeness (QED) is 0.277. The molecule has 0 saturated heterocycles. The Labute approximate surface area is 232 Å². The second-order valence-corrected chi connectivity index (χ2v) is 9.55. The highest BCUT2D eigenvalue weighted by atomic mass is 19.1. The number of hydrogen-bond acceptors (Lipinski definition) is 7. The van der Waals surface area contributed by atoms with Crippen molar-refractivity contribution < 1.29 is 13.5 Å². The Morgan fingerprint density at radius 3 is 2.51 bits per heavy atom. The first-order valence-corrected chi connectivity index (χ1v) is 12.7. The van der Waals surface area contributed by atoms with Crippen molar-refractivity contribution in [2.75, 3.05) is 24.8 Å². The average molecular weight is 554 g/mol. The number of nitrogens with zero attached hydrogens (tertiary/aromatic N) is 5. The first-order valence-electron chi connectivity index (χ1n) is 12.7. The number of rotatable bonds is 7. The van der Waals surface area contributed by atoms with Gasteiger partial charge in [-0.1, -0.05) is 12.1 Å². The summed E-state index contributed by atoms with van der Waals surface area (Å²) in [4.78, 5) is 26.5. The molecule has 4 aromatic heterocycles. The van der Waals surface area contributed by atoms with E-state index in [-0.39, 0.29) is 17.1 Å². The summed E-state index contributed by atoms with van der Waals surface area (Å²) in [5, 5.41) is 4.00. The molecular formula is C30H25F2N7O2. The molecule has 0 spiro atoms. The van der Waals surface area contributed by atoms with Crippen LogP contribution in [0.3, 0.4) is 0 Å². The van der Waals surface area contributed by atoms with E-state index in [1.165, 1.54) is 24.5 Å². The lowest BCUT2D eigenvalue weighted by Crippen LogP contribution is -2.16. The van der Waals surface area contributed by atoms with Crippen LogP contribution in [0.15, 0.2) is 78.2 Å². The number of benzene rings is 2. The summed E-state index contributed by atoms with van der Waals surface area (Å²) in [6.07, 6.45) is 6.43. The standard InChI is InChI=1S/C30H25F2N7O2/c1-38-14-22(25-28(33)35-16-36-30(25)38)20-8-7-19(13-23(20)32)37-29-26-24(9-10-34-29)39(11-12-41-2)15-21(27(26)40)17-3-5-18(31)6-4-17/h3-10,13-16H,11-12H2,1-2H3,(H,34,37)(H2,33,35,36). The van der Waals surface area contributed by atoms with Crippen molar-refractivity contribution in [2.24, 2.45) is 7.05 Å². The summed E-state index contributed by atoms with van der Waals surface area (Å²) in [5.41, 5.74) is 9.25. The number of methoxy groups -OCH3 is 1. The highest BCUT2D eigenvalue weighted by molar-refractivity contribution is 6.01. The van der Waals surface area contributed by atoms with Crippen LogP contribution in [0.5, 0.6) is 0 Å². The molecule has 0 amide bonds. The number of nitrogen functional groups attached to an aromatic ring is 1. The maximum absolute atomic E-state index is 15.6. The van der Waals surface area contributed by atoms with Gasteiger partial charge in [-0.05, 0) is 42.0 Å². The van der Waals surface area contributed by atoms with Gasteiger partial charge in [0, 0.05) is 61.7 Å². The molecular weight excluding hydrogens is 528 g/mol. The van der Waals surface area contributed by atoms with E-state index in [9.17, 15) is 9.18 Å². The topological polar surface area (TPSA) is 113 Å². The van der Waals surface area contributed by atoms with Gasteiger partial charge in [0.1, 0.15) is 35.2 Å². The Bertz CT molecular complexity index is 1980. The molecule has 11 heteroatoms. The van der Waals surface area contributed by atoms with Gasteiger partial charge in [-0.3, -0.25) is 4.79 Å². The van der Waals surface area contributed by atoms with E-state index >= 15 is 4.39 Å². The first kappa shape index (κ1) is 26.1. The van der Waals surface area contributed by atoms with Crippen molar-refractivity contribution in [3.8, 4) is 22.3 Å². The number of ether oxygens (including phenoxy) is 1. The van der Waals surface area contributed by atoms with Crippen LogP contribution in [0.1, 0.15) is 0 Å². The normalized spacial score (nSPS) is 11.4. The number of nitrogens with two attached hydrogens (primary N) is 1. The third-order valence-corrected chi connectivity index (χ3v) is 6.99. The maximum Gasteiger partial charge on any atom is 0.200 e. The van der Waals surface area contributed by atoms with Gasteiger partial charge in [-0.15, -0.1) is 0 Å². The van der Waals surface area contributed by atoms with E-state index in [4.69, 9.17) is 10.5 Å². The van der Waals surface area contributed by atoms with Crippen LogP contribution in [0.2, 0.25) is 0 Å². The predicted octanol–water partition coefficient (Wildman–Crippen LogP) is 5.26. The largest absolute Gasteiger partial charge is 0.383 e. The summed E-state index contributed by atoms with van der Waals surface area (Å²) < 4.78 is 38.1. The van der Waals surface area contributed by atoms with Gasteiger partial charge >= 0.3 is 0 Å². The summed E-state index contributed by atoms with van der Waals surface area (Å²) in [5.74, 6) is -0.385. The van der Waals surface area contributed by atoms with Gasteiger partial charge in [-0.2, -0.15) is 0 Å². The summed E-state index contributed by atoms with van der Waals surface area (Å²) in [7, 11) is 3.40. The molecule has 0 radical (unpaired) electrons. The highest BCUT2D eigenvalue weighted by Crippen LogP contribution is 2.35. The smallest absolute Gasteiger partial charge is 0.200 e. The number of halogens is 2. The lowest BCUT2D eigenvalue weighted by atomic mass is 10.0. The fraction of sp³-hybridized carbons (Fsp3) is 0.133. The number of nitrogens with one attached hydrogen (secondary N) is 1. The Balaban J connectivity index is 1.45. The molecule has 9 nitrogen and oxygen atoms in total. The van der Waals surface area contributed by atoms with Crippen LogP contribution in [-0.2, 0) is 18.3 Å². The molecule has 0 saturated carbocycles.